The molecule has 0 bridgehead atoms. The summed E-state index contributed by atoms with van der Waals surface area (Å²) in [4.78, 5) is 16.9. The third-order valence-corrected chi connectivity index (χ3v) is 9.02. The minimum absolute atomic E-state index is 0.00244. The molecule has 0 saturated carbocycles. The molecule has 0 atom stereocenters. The summed E-state index contributed by atoms with van der Waals surface area (Å²) in [6.45, 7) is 4.50. The minimum Gasteiger partial charge on any atom is -0.494 e. The van der Waals surface area contributed by atoms with Crippen molar-refractivity contribution in [3.63, 3.8) is 0 Å². The average Bonchev–Trinajstić information content (AvgIpc) is 3.06. The summed E-state index contributed by atoms with van der Waals surface area (Å²) in [5, 5.41) is 14.5. The van der Waals surface area contributed by atoms with Gasteiger partial charge in [0.15, 0.2) is 0 Å². The molecule has 1 aliphatic heterocycles. The number of rotatable bonds is 10. The second-order valence-electron chi connectivity index (χ2n) is 10.7. The molecule has 0 aromatic heterocycles. The number of benzene rings is 5. The van der Waals surface area contributed by atoms with Crippen molar-refractivity contribution in [2.75, 3.05) is 18.5 Å². The van der Waals surface area contributed by atoms with Gasteiger partial charge in [0.05, 0.1) is 40.5 Å². The molecule has 2 aliphatic rings. The van der Waals surface area contributed by atoms with Crippen LogP contribution in [0.5, 0.6) is 11.5 Å². The molecule has 0 spiro atoms. The molecule has 4 aromatic rings. The van der Waals surface area contributed by atoms with Crippen LogP contribution in [0.15, 0.2) is 105 Å². The van der Waals surface area contributed by atoms with Crippen molar-refractivity contribution in [2.45, 2.75) is 18.7 Å². The monoisotopic (exact) mass is 718 g/mol. The Morgan fingerprint density at radius 3 is 2.22 bits per heavy atom. The van der Waals surface area contributed by atoms with Gasteiger partial charge in [0.1, 0.15) is 27.7 Å². The fourth-order valence-corrected chi connectivity index (χ4v) is 6.62. The van der Waals surface area contributed by atoms with Gasteiger partial charge in [-0.2, -0.15) is 8.42 Å². The number of hydrogen-bond donors (Lipinski definition) is 3. The zero-order chi connectivity index (χ0) is 34.9. The Kier molecular flexibility index (Phi) is 9.53. The van der Waals surface area contributed by atoms with E-state index in [1.54, 1.807) is 49.4 Å². The summed E-state index contributed by atoms with van der Waals surface area (Å²) < 4.78 is 51.8. The van der Waals surface area contributed by atoms with E-state index < -0.39 is 16.1 Å². The van der Waals surface area contributed by atoms with Gasteiger partial charge in [-0.15, -0.1) is 0 Å². The minimum atomic E-state index is -4.63. The summed E-state index contributed by atoms with van der Waals surface area (Å²) >= 11 is 13.1. The van der Waals surface area contributed by atoms with Gasteiger partial charge in [0.25, 0.3) is 10.1 Å². The van der Waals surface area contributed by atoms with Crippen molar-refractivity contribution in [2.24, 2.45) is 4.99 Å². The van der Waals surface area contributed by atoms with Gasteiger partial charge in [0.2, 0.25) is 0 Å². The summed E-state index contributed by atoms with van der Waals surface area (Å²) in [5.74, 6) is 0.0820. The van der Waals surface area contributed by atoms with Gasteiger partial charge in [-0.05, 0) is 86.6 Å². The first kappa shape index (κ1) is 33.8. The highest BCUT2D eigenvalue weighted by atomic mass is 35.5. The second-order valence-corrected chi connectivity index (χ2v) is 12.9. The Morgan fingerprint density at radius 1 is 0.837 bits per heavy atom. The van der Waals surface area contributed by atoms with Crippen LogP contribution in [0.1, 0.15) is 24.2 Å². The highest BCUT2D eigenvalue weighted by molar-refractivity contribution is 7.86. The van der Waals surface area contributed by atoms with Crippen LogP contribution in [0.2, 0.25) is 10.0 Å². The molecule has 0 saturated heterocycles. The Hall–Kier alpha value is -5.07. The number of carboxylic acid groups (broad SMARTS) is 1. The molecular weight excluding hydrogens is 691 g/mol. The van der Waals surface area contributed by atoms with E-state index in [2.05, 4.69) is 5.32 Å². The molecule has 3 N–H and O–H groups in total. The lowest BCUT2D eigenvalue weighted by molar-refractivity contribution is 0.0698. The maximum Gasteiger partial charge on any atom is 0.337 e. The average molecular weight is 720 g/mol. The summed E-state index contributed by atoms with van der Waals surface area (Å²) in [6, 6.07) is 24.8. The molecule has 6 rings (SSSR count). The van der Waals surface area contributed by atoms with Crippen LogP contribution in [0.4, 0.5) is 17.1 Å². The zero-order valence-electron chi connectivity index (χ0n) is 26.0. The van der Waals surface area contributed by atoms with E-state index in [-0.39, 0.29) is 37.5 Å². The number of nitrogens with zero attached hydrogens (tertiary/aromatic N) is 1. The fraction of sp³-hybridized carbons (Fsp3) is 0.111. The lowest BCUT2D eigenvalue weighted by Gasteiger charge is -2.19. The van der Waals surface area contributed by atoms with Crippen molar-refractivity contribution < 1.29 is 36.8 Å². The lowest BCUT2D eigenvalue weighted by atomic mass is 9.90. The van der Waals surface area contributed by atoms with Crippen molar-refractivity contribution >= 4 is 67.3 Å². The van der Waals surface area contributed by atoms with Crippen LogP contribution in [-0.2, 0) is 10.1 Å². The van der Waals surface area contributed by atoms with E-state index in [0.717, 1.165) is 5.75 Å². The SMILES string of the molecule is CCOc1ccc(N=c2ccc3c(-c4c(Cl)ccc(Cl)c4C(=O)O)c4ccc(Nc5ccc(OCC)cc5S(=O)(=O)O)cc4oc-3c2)cc1. The first-order valence-corrected chi connectivity index (χ1v) is 17.2. The van der Waals surface area contributed by atoms with E-state index in [1.807, 2.05) is 31.2 Å². The summed E-state index contributed by atoms with van der Waals surface area (Å²) in [5.41, 5.74) is 2.50. The molecule has 1 heterocycles. The fourth-order valence-electron chi connectivity index (χ4n) is 5.46. The molecule has 0 fully saturated rings. The molecule has 0 amide bonds. The Bertz CT molecular complexity index is 2370. The quantitative estimate of drug-likeness (QED) is 0.0931. The Labute approximate surface area is 291 Å². The van der Waals surface area contributed by atoms with Crippen LogP contribution in [0.25, 0.3) is 33.4 Å². The first-order chi connectivity index (χ1) is 23.5. The van der Waals surface area contributed by atoms with Crippen LogP contribution in [-0.4, -0.2) is 37.3 Å². The third kappa shape index (κ3) is 7.06. The van der Waals surface area contributed by atoms with E-state index in [1.165, 1.54) is 24.3 Å². The molecule has 0 unspecified atom stereocenters. The molecule has 13 heteroatoms. The molecular formula is C36H28Cl2N2O8S. The third-order valence-electron chi connectivity index (χ3n) is 7.50. The number of nitrogens with one attached hydrogen (secondary N) is 1. The molecule has 0 radical (unpaired) electrons. The van der Waals surface area contributed by atoms with Gasteiger partial charge >= 0.3 is 5.97 Å². The number of carbonyl (C=O) groups is 1. The van der Waals surface area contributed by atoms with Crippen molar-refractivity contribution in [1.29, 1.82) is 0 Å². The maximum atomic E-state index is 12.5. The van der Waals surface area contributed by atoms with Crippen LogP contribution >= 0.6 is 23.2 Å². The number of carboxylic acids is 1. The van der Waals surface area contributed by atoms with Gasteiger partial charge in [-0.25, -0.2) is 9.79 Å². The smallest absolute Gasteiger partial charge is 0.337 e. The Morgan fingerprint density at radius 2 is 1.53 bits per heavy atom. The van der Waals surface area contributed by atoms with E-state index in [9.17, 15) is 22.9 Å². The van der Waals surface area contributed by atoms with Crippen molar-refractivity contribution in [3.8, 4) is 33.9 Å². The van der Waals surface area contributed by atoms with Crippen molar-refractivity contribution in [3.05, 3.63) is 112 Å². The highest BCUT2D eigenvalue weighted by Crippen LogP contribution is 2.46. The van der Waals surface area contributed by atoms with Crippen LogP contribution in [0, 0.1) is 0 Å². The molecule has 250 valence electrons. The summed E-state index contributed by atoms with van der Waals surface area (Å²) in [6.07, 6.45) is 0. The van der Waals surface area contributed by atoms with E-state index in [0.29, 0.717) is 57.8 Å². The molecule has 10 nitrogen and oxygen atoms in total. The number of fused-ring (bicyclic) bond motifs is 2. The van der Waals surface area contributed by atoms with Crippen LogP contribution in [0.3, 0.4) is 0 Å². The predicted molar refractivity (Wildman–Crippen MR) is 189 cm³/mol. The van der Waals surface area contributed by atoms with E-state index in [4.69, 9.17) is 42.1 Å². The molecule has 49 heavy (non-hydrogen) atoms. The predicted octanol–water partition coefficient (Wildman–Crippen LogP) is 9.23. The zero-order valence-corrected chi connectivity index (χ0v) is 28.4. The Balaban J connectivity index is 1.57. The number of halogens is 2. The number of ether oxygens (including phenoxy) is 2. The molecule has 1 aliphatic carbocycles. The van der Waals surface area contributed by atoms with Gasteiger partial charge in [-0.1, -0.05) is 23.2 Å². The van der Waals surface area contributed by atoms with Gasteiger partial charge in [0, 0.05) is 51.0 Å². The summed E-state index contributed by atoms with van der Waals surface area (Å²) in [7, 11) is -4.63. The van der Waals surface area contributed by atoms with Crippen LogP contribution < -0.4 is 20.1 Å². The van der Waals surface area contributed by atoms with Crippen molar-refractivity contribution in [1.82, 2.24) is 0 Å². The maximum absolute atomic E-state index is 12.5. The normalized spacial score (nSPS) is 12.0. The molecule has 4 aromatic carbocycles. The number of anilines is 2. The highest BCUT2D eigenvalue weighted by Gasteiger charge is 2.26. The lowest BCUT2D eigenvalue weighted by Crippen LogP contribution is -2.06. The second kappa shape index (κ2) is 13.8. The van der Waals surface area contributed by atoms with E-state index >= 15 is 0 Å². The van der Waals surface area contributed by atoms with Gasteiger partial charge < -0.3 is 24.3 Å². The first-order valence-electron chi connectivity index (χ1n) is 15.0. The standard InChI is InChI=1S/C36H28Cl2N2O8S/c1-3-46-23-9-5-20(6-10-23)39-21-7-12-25-30(17-21)48-31-18-22(40-29-16-11-24(47-4-2)19-32(29)49(43,44)45)8-13-26(31)33(25)34-27(37)14-15-28(38)35(34)36(41)42/h5-19,40H,3-4H2,1-2H3,(H,41,42)(H,43,44,45). The van der Waals surface area contributed by atoms with Gasteiger partial charge in [-0.3, -0.25) is 4.55 Å². The topological polar surface area (TPSA) is 148 Å². The number of aromatic carboxylic acids is 1. The number of hydrogen-bond acceptors (Lipinski definition) is 8. The largest absolute Gasteiger partial charge is 0.494 e.